The van der Waals surface area contributed by atoms with Crippen LogP contribution in [-0.4, -0.2) is 25.2 Å². The maximum atomic E-state index is 14.3. The molecule has 1 heterocycles. The molecule has 1 fully saturated rings. The molecular weight excluding hydrogens is 338 g/mol. The molecule has 1 aliphatic heterocycles. The molecule has 2 atom stereocenters. The van der Waals surface area contributed by atoms with E-state index in [-0.39, 0.29) is 17.8 Å². The van der Waals surface area contributed by atoms with Crippen LogP contribution in [0.5, 0.6) is 0 Å². The van der Waals surface area contributed by atoms with Crippen LogP contribution in [-0.2, 0) is 0 Å². The molecule has 1 aromatic rings. The predicted octanol–water partition coefficient (Wildman–Crippen LogP) is 4.33. The molecule has 1 aliphatic rings. The molecule has 0 amide bonds. The number of nitrogens with one attached hydrogen (secondary N) is 1. The van der Waals surface area contributed by atoms with Gasteiger partial charge < -0.3 is 10.2 Å². The van der Waals surface area contributed by atoms with Crippen molar-refractivity contribution in [3.8, 4) is 0 Å². The molecule has 0 spiro atoms. The normalized spacial score (nSPS) is 22.9. The summed E-state index contributed by atoms with van der Waals surface area (Å²) >= 11 is 3.14. The van der Waals surface area contributed by atoms with E-state index in [4.69, 9.17) is 0 Å². The summed E-state index contributed by atoms with van der Waals surface area (Å²) in [5.41, 5.74) is 0.111. The van der Waals surface area contributed by atoms with Gasteiger partial charge in [-0.25, -0.2) is 8.78 Å². The van der Waals surface area contributed by atoms with Gasteiger partial charge in [0.25, 0.3) is 0 Å². The second-order valence-electron chi connectivity index (χ2n) is 6.08. The van der Waals surface area contributed by atoms with Crippen molar-refractivity contribution in [1.29, 1.82) is 0 Å². The van der Waals surface area contributed by atoms with Crippen molar-refractivity contribution in [2.24, 2.45) is 5.92 Å². The number of halogens is 3. The van der Waals surface area contributed by atoms with Crippen molar-refractivity contribution >= 4 is 21.6 Å². The zero-order valence-electron chi connectivity index (χ0n) is 12.8. The summed E-state index contributed by atoms with van der Waals surface area (Å²) in [5.74, 6) is -0.670. The fraction of sp³-hybridized carbons (Fsp3) is 0.625. The molecule has 1 N–H and O–H groups in total. The van der Waals surface area contributed by atoms with Gasteiger partial charge in [-0.3, -0.25) is 0 Å². The van der Waals surface area contributed by atoms with E-state index in [1.54, 1.807) is 0 Å². The molecule has 0 aromatic heterocycles. The fourth-order valence-electron chi connectivity index (χ4n) is 3.04. The Hall–Kier alpha value is -0.680. The number of nitrogens with zero attached hydrogens (tertiary/aromatic N) is 1. The van der Waals surface area contributed by atoms with Gasteiger partial charge in [0.1, 0.15) is 5.69 Å². The lowest BCUT2D eigenvalue weighted by atomic mass is 9.96. The molecule has 0 bridgehead atoms. The molecule has 2 unspecified atom stereocenters. The Morgan fingerprint density at radius 3 is 2.48 bits per heavy atom. The van der Waals surface area contributed by atoms with Gasteiger partial charge in [-0.1, -0.05) is 43.1 Å². The number of benzene rings is 1. The van der Waals surface area contributed by atoms with E-state index in [1.807, 2.05) is 4.90 Å². The van der Waals surface area contributed by atoms with Crippen LogP contribution in [0.25, 0.3) is 0 Å². The van der Waals surface area contributed by atoms with Gasteiger partial charge in [0, 0.05) is 29.6 Å². The number of hydrogen-bond donors (Lipinski definition) is 1. The fourth-order valence-corrected chi connectivity index (χ4v) is 3.44. The van der Waals surface area contributed by atoms with Gasteiger partial charge in [0.05, 0.1) is 0 Å². The van der Waals surface area contributed by atoms with Crippen LogP contribution in [0.3, 0.4) is 0 Å². The average Bonchev–Trinajstić information content (AvgIpc) is 2.37. The molecule has 118 valence electrons. The topological polar surface area (TPSA) is 15.3 Å². The zero-order chi connectivity index (χ0) is 15.6. The van der Waals surface area contributed by atoms with Gasteiger partial charge in [0.2, 0.25) is 0 Å². The van der Waals surface area contributed by atoms with E-state index in [0.29, 0.717) is 16.9 Å². The average molecular weight is 361 g/mol. The van der Waals surface area contributed by atoms with Crippen LogP contribution in [0, 0.1) is 17.6 Å². The molecule has 0 radical (unpaired) electrons. The third-order valence-electron chi connectivity index (χ3n) is 4.11. The lowest BCUT2D eigenvalue weighted by molar-refractivity contribution is 0.322. The monoisotopic (exact) mass is 360 g/mol. The number of piperazine rings is 1. The van der Waals surface area contributed by atoms with Crippen molar-refractivity contribution in [3.63, 3.8) is 0 Å². The van der Waals surface area contributed by atoms with Crippen molar-refractivity contribution in [2.75, 3.05) is 18.0 Å². The first-order valence-corrected chi connectivity index (χ1v) is 8.37. The van der Waals surface area contributed by atoms with Gasteiger partial charge in [-0.05, 0) is 24.5 Å². The maximum absolute atomic E-state index is 14.3. The quantitative estimate of drug-likeness (QED) is 0.859. The second kappa shape index (κ2) is 7.05. The summed E-state index contributed by atoms with van der Waals surface area (Å²) in [5, 5.41) is 3.51. The van der Waals surface area contributed by atoms with Crippen LogP contribution < -0.4 is 10.2 Å². The summed E-state index contributed by atoms with van der Waals surface area (Å²) in [6.45, 7) is 7.72. The van der Waals surface area contributed by atoms with Crippen LogP contribution >= 0.6 is 15.9 Å². The molecule has 1 aromatic carbocycles. The highest BCUT2D eigenvalue weighted by Gasteiger charge is 2.32. The summed E-state index contributed by atoms with van der Waals surface area (Å²) in [6, 6.07) is 3.06. The van der Waals surface area contributed by atoms with E-state index < -0.39 is 11.6 Å². The van der Waals surface area contributed by atoms with Crippen LogP contribution in [0.15, 0.2) is 16.6 Å². The summed E-state index contributed by atoms with van der Waals surface area (Å²) in [6.07, 6.45) is 2.07. The summed E-state index contributed by atoms with van der Waals surface area (Å²) in [7, 11) is 0. The lowest BCUT2D eigenvalue weighted by Gasteiger charge is -2.44. The summed E-state index contributed by atoms with van der Waals surface area (Å²) in [4.78, 5) is 1.92. The Labute approximate surface area is 134 Å². The Morgan fingerprint density at radius 2 is 1.95 bits per heavy atom. The zero-order valence-corrected chi connectivity index (χ0v) is 14.4. The molecule has 1 saturated heterocycles. The highest BCUT2D eigenvalue weighted by Crippen LogP contribution is 2.32. The first-order chi connectivity index (χ1) is 9.93. The first kappa shape index (κ1) is 16.7. The Morgan fingerprint density at radius 1 is 1.33 bits per heavy atom. The van der Waals surface area contributed by atoms with Gasteiger partial charge in [0.15, 0.2) is 11.6 Å². The third kappa shape index (κ3) is 3.75. The smallest absolute Gasteiger partial charge is 0.150 e. The molecular formula is C16H23BrF2N2. The largest absolute Gasteiger partial charge is 0.361 e. The van der Waals surface area contributed by atoms with E-state index in [2.05, 4.69) is 42.0 Å². The summed E-state index contributed by atoms with van der Waals surface area (Å²) < 4.78 is 29.1. The Kier molecular flexibility index (Phi) is 5.60. The molecule has 2 rings (SSSR count). The molecule has 5 heteroatoms. The third-order valence-corrected chi connectivity index (χ3v) is 4.57. The lowest BCUT2D eigenvalue weighted by Crippen LogP contribution is -2.58. The Bertz CT molecular complexity index is 470. The Balaban J connectivity index is 2.35. The molecule has 21 heavy (non-hydrogen) atoms. The number of anilines is 1. The van der Waals surface area contributed by atoms with Gasteiger partial charge in [-0.2, -0.15) is 0 Å². The van der Waals surface area contributed by atoms with E-state index >= 15 is 0 Å². The van der Waals surface area contributed by atoms with E-state index in [9.17, 15) is 8.78 Å². The van der Waals surface area contributed by atoms with E-state index in [1.165, 1.54) is 12.1 Å². The molecule has 2 nitrogen and oxygen atoms in total. The maximum Gasteiger partial charge on any atom is 0.150 e. The van der Waals surface area contributed by atoms with Crippen LogP contribution in [0.4, 0.5) is 14.5 Å². The van der Waals surface area contributed by atoms with Crippen LogP contribution in [0.1, 0.15) is 33.6 Å². The van der Waals surface area contributed by atoms with E-state index in [0.717, 1.165) is 19.4 Å². The number of hydrogen-bond acceptors (Lipinski definition) is 2. The molecule has 0 saturated carbocycles. The van der Waals surface area contributed by atoms with Gasteiger partial charge in [-0.15, -0.1) is 0 Å². The SMILES string of the molecule is CCCC1CN(c2c(F)cc(Br)cc2F)C(C(C)C)CN1. The predicted molar refractivity (Wildman–Crippen MR) is 86.7 cm³/mol. The minimum Gasteiger partial charge on any atom is -0.361 e. The van der Waals surface area contributed by atoms with Gasteiger partial charge >= 0.3 is 0 Å². The van der Waals surface area contributed by atoms with Crippen LogP contribution in [0.2, 0.25) is 0 Å². The highest BCUT2D eigenvalue weighted by atomic mass is 79.9. The van der Waals surface area contributed by atoms with Crippen molar-refractivity contribution in [2.45, 2.75) is 45.7 Å². The first-order valence-electron chi connectivity index (χ1n) is 7.58. The van der Waals surface area contributed by atoms with Crippen molar-refractivity contribution in [3.05, 3.63) is 28.2 Å². The number of rotatable bonds is 4. The minimum absolute atomic E-state index is 0.100. The van der Waals surface area contributed by atoms with Crippen molar-refractivity contribution in [1.82, 2.24) is 5.32 Å². The standard InChI is InChI=1S/C16H23BrF2N2/c1-4-5-12-9-21(15(8-20-12)10(2)3)16-13(18)6-11(17)7-14(16)19/h6-7,10,12,15,20H,4-5,8-9H2,1-3H3. The van der Waals surface area contributed by atoms with Crippen molar-refractivity contribution < 1.29 is 8.78 Å². The highest BCUT2D eigenvalue weighted by molar-refractivity contribution is 9.10. The minimum atomic E-state index is -0.496. The molecule has 0 aliphatic carbocycles. The second-order valence-corrected chi connectivity index (χ2v) is 6.99.